The molecule has 3 N–H and O–H groups in total. The topological polar surface area (TPSA) is 55.9 Å². The van der Waals surface area contributed by atoms with Gasteiger partial charge >= 0.3 is 0 Å². The quantitative estimate of drug-likeness (QED) is 0.606. The molecule has 1 atom stereocenters. The number of nitrogens with two attached hydrogens (primary N) is 1. The standard InChI is InChI=1S/C15H20Cl2N4/c1-2-7-21-8-6-19-15(21)10-11(20-18)9-12-13(16)4-3-5-14(12)17/h3-6,8,11,20H,2,7,9-10,18H2,1H3. The first-order chi connectivity index (χ1) is 10.2. The number of hydrogen-bond acceptors (Lipinski definition) is 3. The Morgan fingerprint density at radius 2 is 2.00 bits per heavy atom. The SMILES string of the molecule is CCCn1ccnc1CC(Cc1c(Cl)cccc1Cl)NN. The van der Waals surface area contributed by atoms with Crippen molar-refractivity contribution in [2.75, 3.05) is 0 Å². The highest BCUT2D eigenvalue weighted by molar-refractivity contribution is 6.36. The zero-order valence-electron chi connectivity index (χ0n) is 12.0. The summed E-state index contributed by atoms with van der Waals surface area (Å²) in [6.45, 7) is 3.10. The second kappa shape index (κ2) is 7.80. The molecule has 1 heterocycles. The van der Waals surface area contributed by atoms with Crippen molar-refractivity contribution in [1.82, 2.24) is 15.0 Å². The molecule has 1 aromatic carbocycles. The second-order valence-electron chi connectivity index (χ2n) is 5.01. The molecular formula is C15H20Cl2N4. The number of rotatable bonds is 7. The van der Waals surface area contributed by atoms with E-state index in [4.69, 9.17) is 29.0 Å². The summed E-state index contributed by atoms with van der Waals surface area (Å²) in [5.74, 6) is 6.70. The van der Waals surface area contributed by atoms with Crippen molar-refractivity contribution in [1.29, 1.82) is 0 Å². The largest absolute Gasteiger partial charge is 0.335 e. The molecule has 0 aliphatic rings. The van der Waals surface area contributed by atoms with Gasteiger partial charge in [0.2, 0.25) is 0 Å². The fourth-order valence-electron chi connectivity index (χ4n) is 2.36. The summed E-state index contributed by atoms with van der Waals surface area (Å²) in [6.07, 6.45) is 6.27. The average molecular weight is 327 g/mol. The monoisotopic (exact) mass is 326 g/mol. The molecular weight excluding hydrogens is 307 g/mol. The van der Waals surface area contributed by atoms with E-state index in [0.717, 1.165) is 30.8 Å². The number of aryl methyl sites for hydroxylation is 1. The van der Waals surface area contributed by atoms with Crippen LogP contribution in [-0.2, 0) is 19.4 Å². The van der Waals surface area contributed by atoms with Crippen LogP contribution in [0, 0.1) is 0 Å². The van der Waals surface area contributed by atoms with Crippen LogP contribution < -0.4 is 11.3 Å². The maximum Gasteiger partial charge on any atom is 0.110 e. The maximum atomic E-state index is 6.22. The highest BCUT2D eigenvalue weighted by Crippen LogP contribution is 2.26. The lowest BCUT2D eigenvalue weighted by atomic mass is 10.0. The van der Waals surface area contributed by atoms with E-state index in [0.29, 0.717) is 16.5 Å². The van der Waals surface area contributed by atoms with Gasteiger partial charge in [-0.1, -0.05) is 36.2 Å². The van der Waals surface area contributed by atoms with Crippen LogP contribution in [-0.4, -0.2) is 15.6 Å². The summed E-state index contributed by atoms with van der Waals surface area (Å²) in [7, 11) is 0. The van der Waals surface area contributed by atoms with E-state index in [1.807, 2.05) is 30.6 Å². The minimum absolute atomic E-state index is 0.0282. The molecule has 114 valence electrons. The van der Waals surface area contributed by atoms with Gasteiger partial charge in [0, 0.05) is 41.4 Å². The lowest BCUT2D eigenvalue weighted by molar-refractivity contribution is 0.495. The van der Waals surface area contributed by atoms with Gasteiger partial charge in [-0.15, -0.1) is 0 Å². The molecule has 2 aromatic rings. The van der Waals surface area contributed by atoms with Gasteiger partial charge in [-0.25, -0.2) is 4.98 Å². The molecule has 0 aliphatic carbocycles. The third kappa shape index (κ3) is 4.20. The Morgan fingerprint density at radius 1 is 1.29 bits per heavy atom. The van der Waals surface area contributed by atoms with Crippen molar-refractivity contribution >= 4 is 23.2 Å². The molecule has 0 bridgehead atoms. The van der Waals surface area contributed by atoms with E-state index < -0.39 is 0 Å². The van der Waals surface area contributed by atoms with E-state index in [-0.39, 0.29) is 6.04 Å². The molecule has 0 saturated heterocycles. The highest BCUT2D eigenvalue weighted by atomic mass is 35.5. The highest BCUT2D eigenvalue weighted by Gasteiger charge is 2.16. The molecule has 2 rings (SSSR count). The summed E-state index contributed by atoms with van der Waals surface area (Å²) >= 11 is 12.4. The Morgan fingerprint density at radius 3 is 2.62 bits per heavy atom. The van der Waals surface area contributed by atoms with Crippen molar-refractivity contribution in [2.24, 2.45) is 5.84 Å². The first kappa shape index (κ1) is 16.3. The Labute approximate surface area is 135 Å². The number of halogens is 2. The van der Waals surface area contributed by atoms with Crippen molar-refractivity contribution in [3.05, 3.63) is 52.0 Å². The van der Waals surface area contributed by atoms with Crippen LogP contribution in [0.1, 0.15) is 24.7 Å². The van der Waals surface area contributed by atoms with Crippen molar-refractivity contribution in [2.45, 2.75) is 38.8 Å². The predicted octanol–water partition coefficient (Wildman–Crippen LogP) is 3.22. The minimum Gasteiger partial charge on any atom is -0.335 e. The number of aromatic nitrogens is 2. The number of hydrogen-bond donors (Lipinski definition) is 2. The predicted molar refractivity (Wildman–Crippen MR) is 87.5 cm³/mol. The maximum absolute atomic E-state index is 6.22. The first-order valence-corrected chi connectivity index (χ1v) is 7.80. The van der Waals surface area contributed by atoms with Crippen LogP contribution in [0.4, 0.5) is 0 Å². The van der Waals surface area contributed by atoms with Gasteiger partial charge in [-0.05, 0) is 30.5 Å². The van der Waals surface area contributed by atoms with E-state index in [1.54, 1.807) is 0 Å². The Kier molecular flexibility index (Phi) is 6.06. The van der Waals surface area contributed by atoms with E-state index in [2.05, 4.69) is 21.9 Å². The third-order valence-corrected chi connectivity index (χ3v) is 4.15. The van der Waals surface area contributed by atoms with Crippen molar-refractivity contribution in [3.63, 3.8) is 0 Å². The molecule has 0 aliphatic heterocycles. The van der Waals surface area contributed by atoms with Gasteiger partial charge in [0.15, 0.2) is 0 Å². The van der Waals surface area contributed by atoms with Crippen LogP contribution in [0.25, 0.3) is 0 Å². The van der Waals surface area contributed by atoms with Gasteiger partial charge in [0.1, 0.15) is 5.82 Å². The molecule has 0 saturated carbocycles. The Bertz CT molecular complexity index is 563. The lowest BCUT2D eigenvalue weighted by Gasteiger charge is -2.18. The summed E-state index contributed by atoms with van der Waals surface area (Å²) in [4.78, 5) is 4.41. The molecule has 6 heteroatoms. The third-order valence-electron chi connectivity index (χ3n) is 3.44. The summed E-state index contributed by atoms with van der Waals surface area (Å²) in [5, 5.41) is 1.33. The van der Waals surface area contributed by atoms with Crippen LogP contribution in [0.2, 0.25) is 10.0 Å². The number of benzene rings is 1. The molecule has 0 spiro atoms. The number of nitrogens with zero attached hydrogens (tertiary/aromatic N) is 2. The fraction of sp³-hybridized carbons (Fsp3) is 0.400. The molecule has 1 aromatic heterocycles. The zero-order chi connectivity index (χ0) is 15.2. The zero-order valence-corrected chi connectivity index (χ0v) is 13.5. The Hall–Kier alpha value is -1.07. The van der Waals surface area contributed by atoms with Crippen LogP contribution >= 0.6 is 23.2 Å². The van der Waals surface area contributed by atoms with Gasteiger partial charge < -0.3 is 4.57 Å². The average Bonchev–Trinajstić information content (AvgIpc) is 2.89. The van der Waals surface area contributed by atoms with Gasteiger partial charge in [0.25, 0.3) is 0 Å². The normalized spacial score (nSPS) is 12.6. The molecule has 4 nitrogen and oxygen atoms in total. The smallest absolute Gasteiger partial charge is 0.110 e. The van der Waals surface area contributed by atoms with Crippen LogP contribution in [0.5, 0.6) is 0 Å². The molecule has 0 radical (unpaired) electrons. The summed E-state index contributed by atoms with van der Waals surface area (Å²) < 4.78 is 2.15. The first-order valence-electron chi connectivity index (χ1n) is 7.04. The van der Waals surface area contributed by atoms with Crippen molar-refractivity contribution in [3.8, 4) is 0 Å². The molecule has 0 amide bonds. The molecule has 0 fully saturated rings. The minimum atomic E-state index is 0.0282. The van der Waals surface area contributed by atoms with Gasteiger partial charge in [-0.3, -0.25) is 11.3 Å². The van der Waals surface area contributed by atoms with Gasteiger partial charge in [-0.2, -0.15) is 0 Å². The van der Waals surface area contributed by atoms with Crippen LogP contribution in [0.15, 0.2) is 30.6 Å². The van der Waals surface area contributed by atoms with E-state index in [9.17, 15) is 0 Å². The lowest BCUT2D eigenvalue weighted by Crippen LogP contribution is -2.39. The van der Waals surface area contributed by atoms with Crippen LogP contribution in [0.3, 0.4) is 0 Å². The van der Waals surface area contributed by atoms with E-state index in [1.165, 1.54) is 0 Å². The number of imidazole rings is 1. The summed E-state index contributed by atoms with van der Waals surface area (Å²) in [5.41, 5.74) is 3.76. The van der Waals surface area contributed by atoms with Crippen molar-refractivity contribution < 1.29 is 0 Å². The van der Waals surface area contributed by atoms with E-state index >= 15 is 0 Å². The Balaban J connectivity index is 2.11. The fourth-order valence-corrected chi connectivity index (χ4v) is 2.91. The number of hydrazine groups is 1. The summed E-state index contributed by atoms with van der Waals surface area (Å²) in [6, 6.07) is 5.55. The van der Waals surface area contributed by atoms with Gasteiger partial charge in [0.05, 0.1) is 0 Å². The molecule has 1 unspecified atom stereocenters. The molecule has 21 heavy (non-hydrogen) atoms. The number of nitrogens with one attached hydrogen (secondary N) is 1. The second-order valence-corrected chi connectivity index (χ2v) is 5.82.